The SMILES string of the molecule is CC[N+]1(C(=O)NCCOC)C(C(F)(F)F)=Nc2c(NC(=O)c3c(Cl)cccc3Cl)cccc21. The molecule has 33 heavy (non-hydrogen) atoms. The monoisotopic (exact) mass is 503 g/mol. The van der Waals surface area contributed by atoms with E-state index in [0.717, 1.165) is 0 Å². The lowest BCUT2D eigenvalue weighted by Crippen LogP contribution is -2.65. The second-order valence-electron chi connectivity index (χ2n) is 7.01. The molecule has 7 nitrogen and oxygen atoms in total. The number of halogens is 5. The molecule has 2 aromatic carbocycles. The Morgan fingerprint density at radius 1 is 1.12 bits per heavy atom. The summed E-state index contributed by atoms with van der Waals surface area (Å²) in [5.41, 5.74) is -0.258. The second-order valence-corrected chi connectivity index (χ2v) is 7.82. The van der Waals surface area contributed by atoms with Crippen molar-refractivity contribution in [2.24, 2.45) is 4.99 Å². The van der Waals surface area contributed by atoms with Gasteiger partial charge < -0.3 is 15.4 Å². The lowest BCUT2D eigenvalue weighted by Gasteiger charge is -2.31. The van der Waals surface area contributed by atoms with Crippen LogP contribution in [-0.4, -0.2) is 50.8 Å². The third kappa shape index (κ3) is 4.56. The Morgan fingerprint density at radius 3 is 2.33 bits per heavy atom. The minimum atomic E-state index is -4.92. The van der Waals surface area contributed by atoms with Crippen LogP contribution in [0.5, 0.6) is 0 Å². The first-order valence-electron chi connectivity index (χ1n) is 9.78. The first kappa shape index (κ1) is 25.0. The lowest BCUT2D eigenvalue weighted by atomic mass is 10.1. The van der Waals surface area contributed by atoms with Gasteiger partial charge in [0.2, 0.25) is 0 Å². The van der Waals surface area contributed by atoms with Gasteiger partial charge in [0.25, 0.3) is 5.91 Å². The Kier molecular flexibility index (Phi) is 7.32. The van der Waals surface area contributed by atoms with E-state index in [1.807, 2.05) is 0 Å². The number of benzene rings is 2. The zero-order chi connectivity index (χ0) is 24.4. The molecular weight excluding hydrogens is 484 g/mol. The maximum atomic E-state index is 14.0. The lowest BCUT2D eigenvalue weighted by molar-refractivity contribution is -0.0659. The van der Waals surface area contributed by atoms with E-state index in [4.69, 9.17) is 27.9 Å². The number of hydrogen-bond acceptors (Lipinski definition) is 4. The second kappa shape index (κ2) is 9.68. The molecule has 0 saturated heterocycles. The predicted octanol–water partition coefficient (Wildman–Crippen LogP) is 5.53. The summed E-state index contributed by atoms with van der Waals surface area (Å²) in [7, 11) is 1.41. The number of nitrogens with one attached hydrogen (secondary N) is 2. The molecule has 0 aliphatic carbocycles. The van der Waals surface area contributed by atoms with Crippen molar-refractivity contribution in [2.75, 3.05) is 32.1 Å². The van der Waals surface area contributed by atoms with Crippen LogP contribution in [0.4, 0.5) is 35.0 Å². The number of amides is 3. The van der Waals surface area contributed by atoms with Crippen LogP contribution < -0.4 is 15.1 Å². The topological polar surface area (TPSA) is 79.8 Å². The smallest absolute Gasteiger partial charge is 0.383 e. The van der Waals surface area contributed by atoms with Crippen LogP contribution in [0.15, 0.2) is 41.4 Å². The molecule has 176 valence electrons. The number of hydrogen-bond donors (Lipinski definition) is 2. The van der Waals surface area contributed by atoms with Crippen LogP contribution >= 0.6 is 23.2 Å². The van der Waals surface area contributed by atoms with Gasteiger partial charge in [0.15, 0.2) is 11.4 Å². The number of quaternary nitrogens is 1. The Bertz CT molecular complexity index is 1100. The molecule has 1 unspecified atom stereocenters. The Labute approximate surface area is 197 Å². The van der Waals surface area contributed by atoms with E-state index in [1.54, 1.807) is 6.07 Å². The molecule has 1 aliphatic heterocycles. The molecule has 2 N–H and O–H groups in total. The molecule has 2 aromatic rings. The van der Waals surface area contributed by atoms with Crippen molar-refractivity contribution in [1.29, 1.82) is 0 Å². The van der Waals surface area contributed by atoms with E-state index in [1.165, 1.54) is 44.4 Å². The number of nitrogens with zero attached hydrogens (tertiary/aromatic N) is 2. The molecular formula is C21H20Cl2F3N4O3+. The van der Waals surface area contributed by atoms with Gasteiger partial charge in [-0.2, -0.15) is 22.6 Å². The fourth-order valence-corrected chi connectivity index (χ4v) is 4.18. The Morgan fingerprint density at radius 2 is 1.76 bits per heavy atom. The fourth-order valence-electron chi connectivity index (χ4n) is 3.61. The summed E-state index contributed by atoms with van der Waals surface area (Å²) in [6.07, 6.45) is -4.92. The number of aliphatic imine (C=N–C) groups is 1. The highest BCUT2D eigenvalue weighted by atomic mass is 35.5. The number of para-hydroxylation sites is 1. The molecule has 0 aromatic heterocycles. The molecule has 3 rings (SSSR count). The van der Waals surface area contributed by atoms with Gasteiger partial charge in [0.1, 0.15) is 0 Å². The van der Waals surface area contributed by atoms with Gasteiger partial charge in [-0.1, -0.05) is 35.3 Å². The van der Waals surface area contributed by atoms with Gasteiger partial charge in [-0.05, 0) is 25.1 Å². The average molecular weight is 504 g/mol. The maximum Gasteiger partial charge on any atom is 0.488 e. The van der Waals surface area contributed by atoms with Crippen LogP contribution in [0.25, 0.3) is 0 Å². The molecule has 1 atom stereocenters. The first-order valence-corrected chi connectivity index (χ1v) is 10.5. The van der Waals surface area contributed by atoms with E-state index < -0.39 is 28.4 Å². The van der Waals surface area contributed by atoms with Crippen molar-refractivity contribution < 1.29 is 27.5 Å². The van der Waals surface area contributed by atoms with Crippen LogP contribution in [-0.2, 0) is 4.74 Å². The quantitative estimate of drug-likeness (QED) is 0.401. The van der Waals surface area contributed by atoms with Gasteiger partial charge in [0, 0.05) is 19.7 Å². The van der Waals surface area contributed by atoms with Crippen molar-refractivity contribution in [3.8, 4) is 0 Å². The average Bonchev–Trinajstić information content (AvgIpc) is 3.11. The van der Waals surface area contributed by atoms with Crippen molar-refractivity contribution in [3.05, 3.63) is 52.0 Å². The fraction of sp³-hybridized carbons (Fsp3) is 0.286. The van der Waals surface area contributed by atoms with E-state index in [0.29, 0.717) is 0 Å². The third-order valence-corrected chi connectivity index (χ3v) is 5.73. The van der Waals surface area contributed by atoms with Crippen molar-refractivity contribution in [2.45, 2.75) is 13.1 Å². The van der Waals surface area contributed by atoms with E-state index in [2.05, 4.69) is 15.6 Å². The minimum Gasteiger partial charge on any atom is -0.383 e. The van der Waals surface area contributed by atoms with Crippen molar-refractivity contribution in [1.82, 2.24) is 9.80 Å². The highest BCUT2D eigenvalue weighted by Crippen LogP contribution is 2.48. The van der Waals surface area contributed by atoms with Gasteiger partial charge in [0.05, 0.1) is 34.4 Å². The number of methoxy groups -OCH3 is 1. The summed E-state index contributed by atoms with van der Waals surface area (Å²) in [5.74, 6) is -2.04. The summed E-state index contributed by atoms with van der Waals surface area (Å²) < 4.78 is 45.8. The molecule has 0 fully saturated rings. The van der Waals surface area contributed by atoms with Crippen LogP contribution in [0, 0.1) is 0 Å². The van der Waals surface area contributed by atoms with Gasteiger partial charge in [-0.15, -0.1) is 0 Å². The van der Waals surface area contributed by atoms with Crippen molar-refractivity contribution >= 4 is 58.0 Å². The van der Waals surface area contributed by atoms with Crippen molar-refractivity contribution in [3.63, 3.8) is 0 Å². The van der Waals surface area contributed by atoms with E-state index in [-0.39, 0.29) is 52.4 Å². The summed E-state index contributed by atoms with van der Waals surface area (Å²) in [6, 6.07) is 7.75. The normalized spacial score (nSPS) is 17.4. The molecule has 1 aliphatic rings. The zero-order valence-corrected chi connectivity index (χ0v) is 19.1. The number of amidine groups is 1. The Hall–Kier alpha value is -2.66. The molecule has 0 spiro atoms. The molecule has 1 heterocycles. The molecule has 0 radical (unpaired) electrons. The predicted molar refractivity (Wildman–Crippen MR) is 122 cm³/mol. The summed E-state index contributed by atoms with van der Waals surface area (Å²) in [5, 5.41) is 5.13. The number of carbonyl (C=O) groups excluding carboxylic acids is 2. The number of anilines is 1. The number of urea groups is 1. The summed E-state index contributed by atoms with van der Waals surface area (Å²) in [6.45, 7) is 1.31. The zero-order valence-electron chi connectivity index (χ0n) is 17.6. The highest BCUT2D eigenvalue weighted by molar-refractivity contribution is 6.40. The van der Waals surface area contributed by atoms with Gasteiger partial charge in [-0.25, -0.2) is 4.79 Å². The Balaban J connectivity index is 2.10. The highest BCUT2D eigenvalue weighted by Gasteiger charge is 2.61. The number of carbonyl (C=O) groups is 2. The molecule has 0 bridgehead atoms. The largest absolute Gasteiger partial charge is 0.488 e. The number of ether oxygens (including phenoxy) is 1. The van der Waals surface area contributed by atoms with Gasteiger partial charge >= 0.3 is 18.0 Å². The number of alkyl halides is 3. The summed E-state index contributed by atoms with van der Waals surface area (Å²) in [4.78, 5) is 29.6. The van der Waals surface area contributed by atoms with Gasteiger partial charge in [-0.3, -0.25) is 4.79 Å². The minimum absolute atomic E-state index is 0.0111. The number of rotatable bonds is 6. The first-order chi connectivity index (χ1) is 15.6. The van der Waals surface area contributed by atoms with Crippen LogP contribution in [0.2, 0.25) is 10.0 Å². The molecule has 0 saturated carbocycles. The maximum absolute atomic E-state index is 14.0. The summed E-state index contributed by atoms with van der Waals surface area (Å²) >= 11 is 12.1. The van der Waals surface area contributed by atoms with Crippen LogP contribution in [0.1, 0.15) is 17.3 Å². The van der Waals surface area contributed by atoms with E-state index >= 15 is 0 Å². The van der Waals surface area contributed by atoms with E-state index in [9.17, 15) is 22.8 Å². The standard InChI is InChI=1S/C21H19Cl2F3N4O3/c1-3-30(20(32)27-10-11-33-2)15-9-5-8-14(17(15)29-19(30)21(24,25)26)28-18(31)16-12(22)6-4-7-13(16)23/h4-9H,3,10-11H2,1-2H3,(H-,27,28,31,32)/p+1. The molecule has 12 heteroatoms. The molecule has 3 amide bonds. The number of fused-ring (bicyclic) bond motifs is 1. The third-order valence-electron chi connectivity index (χ3n) is 5.10. The van der Waals surface area contributed by atoms with Crippen LogP contribution in [0.3, 0.4) is 0 Å².